The molecule has 0 aromatic rings. The van der Waals surface area contributed by atoms with Gasteiger partial charge in [-0.2, -0.15) is 0 Å². The number of nitrogens with zero attached hydrogens (tertiary/aromatic N) is 3. The van der Waals surface area contributed by atoms with Gasteiger partial charge in [0, 0.05) is 31.7 Å². The molecule has 3 heterocycles. The molecule has 3 saturated heterocycles. The quantitative estimate of drug-likeness (QED) is 0.693. The number of esters is 1. The molecule has 152 valence electrons. The highest BCUT2D eigenvalue weighted by atomic mass is 16.6. The Morgan fingerprint density at radius 1 is 1.04 bits per heavy atom. The number of piperidine rings is 1. The molecule has 7 heteroatoms. The Balaban J connectivity index is 1.21. The minimum atomic E-state index is -0.145. The maximum Gasteiger partial charge on any atom is 0.409 e. The summed E-state index contributed by atoms with van der Waals surface area (Å²) >= 11 is 0. The topological polar surface area (TPSA) is 62.3 Å². The average molecular weight is 380 g/mol. The number of hydrogen-bond acceptors (Lipinski definition) is 6. The first-order valence-corrected chi connectivity index (χ1v) is 10.5. The van der Waals surface area contributed by atoms with Gasteiger partial charge in [0.2, 0.25) is 0 Å². The minimum absolute atomic E-state index is 0.00845. The van der Waals surface area contributed by atoms with E-state index in [-0.39, 0.29) is 18.1 Å². The van der Waals surface area contributed by atoms with E-state index in [2.05, 4.69) is 9.80 Å². The van der Waals surface area contributed by atoms with Gasteiger partial charge in [-0.3, -0.25) is 9.69 Å². The fourth-order valence-corrected chi connectivity index (χ4v) is 5.65. The van der Waals surface area contributed by atoms with Crippen LogP contribution in [0.3, 0.4) is 0 Å². The predicted octanol–water partition coefficient (Wildman–Crippen LogP) is 1.71. The summed E-state index contributed by atoms with van der Waals surface area (Å²) < 4.78 is 10.1. The molecule has 3 aliphatic heterocycles. The van der Waals surface area contributed by atoms with Crippen molar-refractivity contribution < 1.29 is 19.1 Å². The molecule has 7 nitrogen and oxygen atoms in total. The molecule has 4 rings (SSSR count). The third-order valence-electron chi connectivity index (χ3n) is 7.32. The van der Waals surface area contributed by atoms with E-state index in [1.54, 1.807) is 0 Å². The molecule has 1 spiro atoms. The molecule has 1 atom stereocenters. The maximum atomic E-state index is 11.9. The van der Waals surface area contributed by atoms with Crippen LogP contribution in [0.25, 0.3) is 0 Å². The summed E-state index contributed by atoms with van der Waals surface area (Å²) in [4.78, 5) is 30.6. The van der Waals surface area contributed by atoms with E-state index in [0.717, 1.165) is 58.4 Å². The predicted molar refractivity (Wildman–Crippen MR) is 100 cm³/mol. The summed E-state index contributed by atoms with van der Waals surface area (Å²) in [6.45, 7) is 7.30. The molecule has 0 radical (unpaired) electrons. The lowest BCUT2D eigenvalue weighted by molar-refractivity contribution is -0.155. The molecular weight excluding hydrogens is 346 g/mol. The first-order valence-electron chi connectivity index (χ1n) is 10.5. The van der Waals surface area contributed by atoms with Gasteiger partial charge in [-0.15, -0.1) is 0 Å². The SMILES string of the molecule is CCOC(=O)N1CCC2(CC(N3CCC(N4CC[C@@H]4C(=O)OC)CC3)C2)C1. The molecule has 4 fully saturated rings. The zero-order valence-corrected chi connectivity index (χ0v) is 16.7. The van der Waals surface area contributed by atoms with Crippen molar-refractivity contribution in [3.8, 4) is 0 Å². The lowest BCUT2D eigenvalue weighted by Gasteiger charge is -2.53. The van der Waals surface area contributed by atoms with Crippen molar-refractivity contribution in [1.82, 2.24) is 14.7 Å². The molecule has 4 aliphatic rings. The van der Waals surface area contributed by atoms with Crippen LogP contribution in [0.5, 0.6) is 0 Å². The highest BCUT2D eigenvalue weighted by molar-refractivity contribution is 5.76. The lowest BCUT2D eigenvalue weighted by Crippen LogP contribution is -2.61. The number of ether oxygens (including phenoxy) is 2. The van der Waals surface area contributed by atoms with Crippen molar-refractivity contribution in [2.24, 2.45) is 5.41 Å². The van der Waals surface area contributed by atoms with Crippen molar-refractivity contribution in [3.05, 3.63) is 0 Å². The summed E-state index contributed by atoms with van der Waals surface area (Å²) in [5, 5.41) is 0. The molecular formula is C20H33N3O4. The van der Waals surface area contributed by atoms with Gasteiger partial charge in [0.1, 0.15) is 6.04 Å². The molecule has 1 aliphatic carbocycles. The number of carbonyl (C=O) groups excluding carboxylic acids is 2. The Kier molecular flexibility index (Phi) is 5.34. The fraction of sp³-hybridized carbons (Fsp3) is 0.900. The van der Waals surface area contributed by atoms with Gasteiger partial charge < -0.3 is 19.3 Å². The summed E-state index contributed by atoms with van der Waals surface area (Å²) in [6, 6.07) is 1.19. The number of carbonyl (C=O) groups is 2. The zero-order chi connectivity index (χ0) is 19.0. The summed E-state index contributed by atoms with van der Waals surface area (Å²) in [5.41, 5.74) is 0.335. The van der Waals surface area contributed by atoms with Crippen LogP contribution in [0.4, 0.5) is 4.79 Å². The number of methoxy groups -OCH3 is 1. The summed E-state index contributed by atoms with van der Waals surface area (Å²) in [6.07, 6.45) is 6.62. The molecule has 1 saturated carbocycles. The Morgan fingerprint density at radius 2 is 1.78 bits per heavy atom. The Labute approximate surface area is 161 Å². The number of rotatable bonds is 4. The normalized spacial score (nSPS) is 35.0. The highest BCUT2D eigenvalue weighted by Gasteiger charge is 2.52. The largest absolute Gasteiger partial charge is 0.468 e. The molecule has 0 bridgehead atoms. The standard InChI is InChI=1S/C20H33N3O4/c1-3-27-19(25)22-11-7-20(14-22)12-16(13-20)21-8-4-15(5-9-21)23-10-6-17(23)18(24)26-2/h15-17H,3-14H2,1-2H3/t16?,17-,20?/m1/s1. The first-order chi connectivity index (χ1) is 13.0. The second-order valence-electron chi connectivity index (χ2n) is 8.77. The van der Waals surface area contributed by atoms with Gasteiger partial charge in [0.05, 0.1) is 13.7 Å². The third-order valence-corrected chi connectivity index (χ3v) is 7.32. The molecule has 27 heavy (non-hydrogen) atoms. The van der Waals surface area contributed by atoms with Crippen LogP contribution in [0, 0.1) is 5.41 Å². The van der Waals surface area contributed by atoms with Crippen molar-refractivity contribution in [2.75, 3.05) is 46.4 Å². The van der Waals surface area contributed by atoms with E-state index >= 15 is 0 Å². The van der Waals surface area contributed by atoms with E-state index in [4.69, 9.17) is 9.47 Å². The van der Waals surface area contributed by atoms with Gasteiger partial charge in [-0.1, -0.05) is 0 Å². The zero-order valence-electron chi connectivity index (χ0n) is 16.7. The Morgan fingerprint density at radius 3 is 2.37 bits per heavy atom. The van der Waals surface area contributed by atoms with Gasteiger partial charge in [-0.25, -0.2) is 4.79 Å². The molecule has 1 amide bonds. The smallest absolute Gasteiger partial charge is 0.409 e. The van der Waals surface area contributed by atoms with Crippen LogP contribution in [0.15, 0.2) is 0 Å². The molecule has 0 N–H and O–H groups in total. The van der Waals surface area contributed by atoms with Crippen LogP contribution >= 0.6 is 0 Å². The van der Waals surface area contributed by atoms with Crippen LogP contribution in [0.1, 0.15) is 45.4 Å². The molecule has 0 aromatic heterocycles. The van der Waals surface area contributed by atoms with E-state index in [0.29, 0.717) is 24.1 Å². The van der Waals surface area contributed by atoms with Crippen molar-refractivity contribution in [3.63, 3.8) is 0 Å². The third kappa shape index (κ3) is 3.56. The Bertz CT molecular complexity index is 570. The molecule has 0 aromatic carbocycles. The van der Waals surface area contributed by atoms with Crippen molar-refractivity contribution in [1.29, 1.82) is 0 Å². The Hall–Kier alpha value is -1.34. The number of hydrogen-bond donors (Lipinski definition) is 0. The van der Waals surface area contributed by atoms with E-state index in [1.807, 2.05) is 11.8 Å². The van der Waals surface area contributed by atoms with Gasteiger partial charge in [0.15, 0.2) is 0 Å². The van der Waals surface area contributed by atoms with Crippen molar-refractivity contribution in [2.45, 2.75) is 63.6 Å². The lowest BCUT2D eigenvalue weighted by atomic mass is 9.64. The highest BCUT2D eigenvalue weighted by Crippen LogP contribution is 2.50. The monoisotopic (exact) mass is 379 g/mol. The van der Waals surface area contributed by atoms with E-state index < -0.39 is 0 Å². The van der Waals surface area contributed by atoms with Gasteiger partial charge in [-0.05, 0) is 64.0 Å². The second kappa shape index (κ2) is 7.59. The fourth-order valence-electron chi connectivity index (χ4n) is 5.65. The van der Waals surface area contributed by atoms with E-state index in [9.17, 15) is 9.59 Å². The van der Waals surface area contributed by atoms with Crippen LogP contribution < -0.4 is 0 Å². The van der Waals surface area contributed by atoms with Crippen LogP contribution in [-0.2, 0) is 14.3 Å². The average Bonchev–Trinajstić information content (AvgIpc) is 3.06. The van der Waals surface area contributed by atoms with Crippen molar-refractivity contribution >= 4 is 12.1 Å². The summed E-state index contributed by atoms with van der Waals surface area (Å²) in [7, 11) is 1.49. The minimum Gasteiger partial charge on any atom is -0.468 e. The second-order valence-corrected chi connectivity index (χ2v) is 8.77. The first kappa shape index (κ1) is 19.0. The summed E-state index contributed by atoms with van der Waals surface area (Å²) in [5.74, 6) is -0.0722. The maximum absolute atomic E-state index is 11.9. The number of amides is 1. The van der Waals surface area contributed by atoms with Gasteiger partial charge in [0.25, 0.3) is 0 Å². The van der Waals surface area contributed by atoms with Crippen LogP contribution in [-0.4, -0.2) is 91.3 Å². The molecule has 0 unspecified atom stereocenters. The van der Waals surface area contributed by atoms with Gasteiger partial charge >= 0.3 is 12.1 Å². The number of likely N-dealkylation sites (tertiary alicyclic amines) is 3. The van der Waals surface area contributed by atoms with E-state index in [1.165, 1.54) is 20.0 Å². The van der Waals surface area contributed by atoms with Crippen LogP contribution in [0.2, 0.25) is 0 Å².